The molecule has 2 saturated heterocycles. The molecule has 0 atom stereocenters. The topological polar surface area (TPSA) is 52.6 Å². The van der Waals surface area contributed by atoms with Gasteiger partial charge in [0.2, 0.25) is 0 Å². The van der Waals surface area contributed by atoms with Gasteiger partial charge in [0.05, 0.1) is 0 Å². The number of carbonyl (C=O) groups excluding carboxylic acids is 1. The number of phenols is 1. The van der Waals surface area contributed by atoms with Gasteiger partial charge in [-0.15, -0.1) is 0 Å². The number of fused-ring (bicyclic) bond motifs is 1. The number of amides is 1. The number of nitrogens with zero attached hydrogens (tertiary/aromatic N) is 1. The number of hydrogen-bond acceptors (Lipinski definition) is 3. The van der Waals surface area contributed by atoms with Gasteiger partial charge in [-0.25, -0.2) is 0 Å². The molecule has 2 fully saturated rings. The molecule has 0 radical (unpaired) electrons. The summed E-state index contributed by atoms with van der Waals surface area (Å²) in [4.78, 5) is 14.6. The molecule has 0 aliphatic carbocycles. The molecule has 0 bridgehead atoms. The fourth-order valence-corrected chi connectivity index (χ4v) is 3.47. The Balaban J connectivity index is 1.63. The lowest BCUT2D eigenvalue weighted by Crippen LogP contribution is -2.48. The maximum Gasteiger partial charge on any atom is 0.251 e. The van der Waals surface area contributed by atoms with Crippen molar-refractivity contribution in [1.82, 2.24) is 10.2 Å². The van der Waals surface area contributed by atoms with Gasteiger partial charge in [0, 0.05) is 17.6 Å². The molecule has 19 heavy (non-hydrogen) atoms. The lowest BCUT2D eigenvalue weighted by atomic mass is 9.94. The third-order valence-corrected chi connectivity index (χ3v) is 4.52. The summed E-state index contributed by atoms with van der Waals surface area (Å²) in [6, 6.07) is 6.40. The number of carbonyl (C=O) groups is 1. The van der Waals surface area contributed by atoms with Crippen molar-refractivity contribution in [2.45, 2.75) is 31.2 Å². The molecule has 2 N–H and O–H groups in total. The van der Waals surface area contributed by atoms with E-state index >= 15 is 0 Å². The second-order valence-electron chi connectivity index (χ2n) is 5.65. The van der Waals surface area contributed by atoms with Crippen LogP contribution in [0.5, 0.6) is 5.75 Å². The summed E-state index contributed by atoms with van der Waals surface area (Å²) >= 11 is 0. The standard InChI is InChI=1S/C15H20N2O2/c18-13-5-3-12(4-6-13)14(19)16-11-15-7-1-9-17(15)10-2-8-15/h3-6,18H,1-2,7-11H2,(H,16,19). The van der Waals surface area contributed by atoms with Gasteiger partial charge in [-0.2, -0.15) is 0 Å². The van der Waals surface area contributed by atoms with Crippen LogP contribution in [0.15, 0.2) is 24.3 Å². The highest BCUT2D eigenvalue weighted by Crippen LogP contribution is 2.38. The normalized spacial score (nSPS) is 21.3. The molecule has 0 saturated carbocycles. The number of nitrogens with one attached hydrogen (secondary N) is 1. The first kappa shape index (κ1) is 12.5. The fourth-order valence-electron chi connectivity index (χ4n) is 3.47. The predicted octanol–water partition coefficient (Wildman–Crippen LogP) is 1.75. The number of rotatable bonds is 3. The number of benzene rings is 1. The average molecular weight is 260 g/mol. The second kappa shape index (κ2) is 4.85. The minimum absolute atomic E-state index is 0.0480. The Hall–Kier alpha value is -1.55. The summed E-state index contributed by atoms with van der Waals surface area (Å²) in [5.41, 5.74) is 0.823. The van der Waals surface area contributed by atoms with Gasteiger partial charge in [-0.05, 0) is 63.0 Å². The summed E-state index contributed by atoms with van der Waals surface area (Å²) in [5, 5.41) is 12.3. The first-order chi connectivity index (χ1) is 9.20. The Morgan fingerprint density at radius 3 is 2.47 bits per heavy atom. The largest absolute Gasteiger partial charge is 0.508 e. The maximum absolute atomic E-state index is 12.1. The van der Waals surface area contributed by atoms with Crippen molar-refractivity contribution in [1.29, 1.82) is 0 Å². The van der Waals surface area contributed by atoms with E-state index in [1.165, 1.54) is 38.8 Å². The van der Waals surface area contributed by atoms with Crippen LogP contribution in [0.25, 0.3) is 0 Å². The molecule has 4 nitrogen and oxygen atoms in total. The van der Waals surface area contributed by atoms with Crippen molar-refractivity contribution in [3.8, 4) is 5.75 Å². The predicted molar refractivity (Wildman–Crippen MR) is 73.2 cm³/mol. The van der Waals surface area contributed by atoms with Crippen LogP contribution in [0.4, 0.5) is 0 Å². The Morgan fingerprint density at radius 1 is 1.21 bits per heavy atom. The molecular weight excluding hydrogens is 240 g/mol. The van der Waals surface area contributed by atoms with E-state index in [9.17, 15) is 9.90 Å². The van der Waals surface area contributed by atoms with E-state index in [2.05, 4.69) is 10.2 Å². The third-order valence-electron chi connectivity index (χ3n) is 4.52. The summed E-state index contributed by atoms with van der Waals surface area (Å²) in [5.74, 6) is 0.140. The molecular formula is C15H20N2O2. The third kappa shape index (κ3) is 2.32. The monoisotopic (exact) mass is 260 g/mol. The van der Waals surface area contributed by atoms with Crippen molar-refractivity contribution in [3.05, 3.63) is 29.8 Å². The van der Waals surface area contributed by atoms with Crippen LogP contribution in [0.1, 0.15) is 36.0 Å². The van der Waals surface area contributed by atoms with E-state index in [1.54, 1.807) is 24.3 Å². The zero-order valence-electron chi connectivity index (χ0n) is 11.1. The summed E-state index contributed by atoms with van der Waals surface area (Å²) < 4.78 is 0. The maximum atomic E-state index is 12.1. The van der Waals surface area contributed by atoms with E-state index in [0.717, 1.165) is 6.54 Å². The van der Waals surface area contributed by atoms with Gasteiger partial charge in [-0.1, -0.05) is 0 Å². The fraction of sp³-hybridized carbons (Fsp3) is 0.533. The molecule has 4 heteroatoms. The molecule has 1 amide bonds. The quantitative estimate of drug-likeness (QED) is 0.870. The van der Waals surface area contributed by atoms with E-state index in [4.69, 9.17) is 0 Å². The van der Waals surface area contributed by atoms with Gasteiger partial charge in [0.1, 0.15) is 5.75 Å². The summed E-state index contributed by atoms with van der Waals surface area (Å²) in [6.45, 7) is 3.09. The minimum Gasteiger partial charge on any atom is -0.508 e. The Morgan fingerprint density at radius 2 is 1.84 bits per heavy atom. The lowest BCUT2D eigenvalue weighted by Gasteiger charge is -2.32. The Bertz CT molecular complexity index is 460. The van der Waals surface area contributed by atoms with Crippen molar-refractivity contribution in [2.24, 2.45) is 0 Å². The molecule has 0 unspecified atom stereocenters. The second-order valence-corrected chi connectivity index (χ2v) is 5.65. The summed E-state index contributed by atoms with van der Waals surface area (Å²) in [7, 11) is 0. The molecule has 2 aliphatic rings. The zero-order chi connectivity index (χ0) is 13.3. The molecule has 2 heterocycles. The van der Waals surface area contributed by atoms with Crippen LogP contribution in [-0.4, -0.2) is 41.1 Å². The van der Waals surface area contributed by atoms with E-state index in [0.29, 0.717) is 5.56 Å². The molecule has 0 aromatic heterocycles. The molecule has 0 spiro atoms. The lowest BCUT2D eigenvalue weighted by molar-refractivity contribution is 0.0919. The van der Waals surface area contributed by atoms with Crippen LogP contribution in [0.2, 0.25) is 0 Å². The smallest absolute Gasteiger partial charge is 0.251 e. The van der Waals surface area contributed by atoms with Crippen molar-refractivity contribution in [2.75, 3.05) is 19.6 Å². The highest BCUT2D eigenvalue weighted by atomic mass is 16.3. The van der Waals surface area contributed by atoms with Crippen LogP contribution < -0.4 is 5.32 Å². The average Bonchev–Trinajstić information content (AvgIpc) is 2.96. The SMILES string of the molecule is O=C(NCC12CCCN1CCC2)c1ccc(O)cc1. The molecule has 102 valence electrons. The van der Waals surface area contributed by atoms with E-state index in [1.807, 2.05) is 0 Å². The van der Waals surface area contributed by atoms with E-state index in [-0.39, 0.29) is 17.2 Å². The Labute approximate surface area is 113 Å². The number of phenolic OH excluding ortho intramolecular Hbond substituents is 1. The molecule has 3 rings (SSSR count). The van der Waals surface area contributed by atoms with Gasteiger partial charge in [0.15, 0.2) is 0 Å². The van der Waals surface area contributed by atoms with Crippen LogP contribution in [0, 0.1) is 0 Å². The van der Waals surface area contributed by atoms with Gasteiger partial charge in [0.25, 0.3) is 5.91 Å². The molecule has 1 aromatic rings. The highest BCUT2D eigenvalue weighted by molar-refractivity contribution is 5.94. The van der Waals surface area contributed by atoms with Crippen molar-refractivity contribution >= 4 is 5.91 Å². The molecule has 2 aliphatic heterocycles. The minimum atomic E-state index is -0.0480. The van der Waals surface area contributed by atoms with Gasteiger partial charge >= 0.3 is 0 Å². The van der Waals surface area contributed by atoms with Crippen LogP contribution in [-0.2, 0) is 0 Å². The zero-order valence-corrected chi connectivity index (χ0v) is 11.1. The first-order valence-corrected chi connectivity index (χ1v) is 7.02. The number of hydrogen-bond donors (Lipinski definition) is 2. The number of aromatic hydroxyl groups is 1. The van der Waals surface area contributed by atoms with Crippen molar-refractivity contribution in [3.63, 3.8) is 0 Å². The van der Waals surface area contributed by atoms with E-state index < -0.39 is 0 Å². The first-order valence-electron chi connectivity index (χ1n) is 7.02. The van der Waals surface area contributed by atoms with Gasteiger partial charge < -0.3 is 10.4 Å². The summed E-state index contributed by atoms with van der Waals surface area (Å²) in [6.07, 6.45) is 4.88. The van der Waals surface area contributed by atoms with Gasteiger partial charge in [-0.3, -0.25) is 9.69 Å². The molecule has 1 aromatic carbocycles. The van der Waals surface area contributed by atoms with Crippen LogP contribution in [0.3, 0.4) is 0 Å². The van der Waals surface area contributed by atoms with Crippen LogP contribution >= 0.6 is 0 Å². The highest BCUT2D eigenvalue weighted by Gasteiger charge is 2.44. The van der Waals surface area contributed by atoms with Crippen molar-refractivity contribution < 1.29 is 9.90 Å². The Kier molecular flexibility index (Phi) is 3.19.